The Morgan fingerprint density at radius 2 is 1.83 bits per heavy atom. The Hall–Kier alpha value is -3.76. The van der Waals surface area contributed by atoms with Gasteiger partial charge in [-0.2, -0.15) is 4.98 Å². The van der Waals surface area contributed by atoms with Crippen LogP contribution in [0.5, 0.6) is 0 Å². The molecule has 6 rings (SSSR count). The number of piperazine rings is 1. The summed E-state index contributed by atoms with van der Waals surface area (Å²) in [7, 11) is 6.02. The topological polar surface area (TPSA) is 73.6 Å². The minimum Gasteiger partial charge on any atom is -0.349 e. The number of fused-ring (bicyclic) bond motifs is 2. The monoisotopic (exact) mass is 590 g/mol. The van der Waals surface area contributed by atoms with Gasteiger partial charge in [0.25, 0.3) is 0 Å². The molecule has 0 radical (unpaired) electrons. The summed E-state index contributed by atoms with van der Waals surface area (Å²) in [5.74, 6) is 0.512. The maximum Gasteiger partial charge on any atom is 0.246 e. The quantitative estimate of drug-likeness (QED) is 0.313. The van der Waals surface area contributed by atoms with Crippen molar-refractivity contribution >= 4 is 51.2 Å². The van der Waals surface area contributed by atoms with Crippen LogP contribution in [0.15, 0.2) is 37.2 Å². The molecule has 0 saturated carbocycles. The lowest BCUT2D eigenvalue weighted by molar-refractivity contribution is -0.128. The van der Waals surface area contributed by atoms with Gasteiger partial charge in [0, 0.05) is 67.9 Å². The second-order valence-electron chi connectivity index (χ2n) is 11.8. The van der Waals surface area contributed by atoms with E-state index in [1.165, 1.54) is 6.08 Å². The molecule has 11 heteroatoms. The maximum atomic E-state index is 16.9. The molecular weight excluding hydrogens is 555 g/mol. The molecule has 0 spiro atoms. The number of rotatable bonds is 5. The first kappa shape index (κ1) is 28.4. The third kappa shape index (κ3) is 4.48. The molecule has 9 nitrogen and oxygen atoms in total. The number of anilines is 2. The number of hydrogen-bond acceptors (Lipinski definition) is 7. The number of benzene rings is 2. The summed E-state index contributed by atoms with van der Waals surface area (Å²) < 4.78 is 18.8. The van der Waals surface area contributed by atoms with Crippen molar-refractivity contribution in [3.63, 3.8) is 0 Å². The van der Waals surface area contributed by atoms with Gasteiger partial charge in [-0.25, -0.2) is 14.4 Å². The summed E-state index contributed by atoms with van der Waals surface area (Å²) in [6, 6.07) is 5.93. The lowest BCUT2D eigenvalue weighted by Gasteiger charge is -2.45. The van der Waals surface area contributed by atoms with Crippen LogP contribution in [0.3, 0.4) is 0 Å². The Bertz CT molecular complexity index is 1730. The number of aryl methyl sites for hydroxylation is 2. The van der Waals surface area contributed by atoms with Crippen LogP contribution >= 0.6 is 11.6 Å². The Labute approximate surface area is 250 Å². The maximum absolute atomic E-state index is 16.9. The summed E-state index contributed by atoms with van der Waals surface area (Å²) in [6.45, 7) is 12.2. The Balaban J connectivity index is 1.55. The normalized spacial score (nSPS) is 19.7. The number of halogens is 2. The molecule has 2 atom stereocenters. The molecule has 2 aliphatic rings. The van der Waals surface area contributed by atoms with Crippen molar-refractivity contribution < 1.29 is 9.18 Å². The first-order valence-corrected chi connectivity index (χ1v) is 14.6. The lowest BCUT2D eigenvalue weighted by Crippen LogP contribution is -2.59. The largest absolute Gasteiger partial charge is 0.349 e. The van der Waals surface area contributed by atoms with Gasteiger partial charge in [0.15, 0.2) is 5.82 Å². The van der Waals surface area contributed by atoms with E-state index in [2.05, 4.69) is 40.4 Å². The van der Waals surface area contributed by atoms with Crippen LogP contribution in [0.2, 0.25) is 5.02 Å². The molecule has 2 fully saturated rings. The number of likely N-dealkylation sites (N-methyl/N-ethyl adjacent to an activating group) is 1. The Morgan fingerprint density at radius 1 is 1.10 bits per heavy atom. The predicted octanol–water partition coefficient (Wildman–Crippen LogP) is 4.65. The van der Waals surface area contributed by atoms with Crippen LogP contribution in [0.4, 0.5) is 16.2 Å². The second kappa shape index (κ2) is 10.5. The minimum absolute atomic E-state index is 0.0759. The molecular formula is C31H36ClFN8O. The van der Waals surface area contributed by atoms with Gasteiger partial charge in [-0.3, -0.25) is 4.79 Å². The van der Waals surface area contributed by atoms with E-state index in [9.17, 15) is 4.79 Å². The van der Waals surface area contributed by atoms with Crippen molar-refractivity contribution in [1.82, 2.24) is 29.3 Å². The zero-order chi connectivity index (χ0) is 30.0. The first-order chi connectivity index (χ1) is 20.0. The summed E-state index contributed by atoms with van der Waals surface area (Å²) in [5.41, 5.74) is 3.63. The van der Waals surface area contributed by atoms with Crippen molar-refractivity contribution in [2.45, 2.75) is 38.9 Å². The molecule has 220 valence electrons. The summed E-state index contributed by atoms with van der Waals surface area (Å²) >= 11 is 6.95. The lowest BCUT2D eigenvalue weighted by atomic mass is 9.96. The SMILES string of the molecule is C=CC(=O)N1C[C@H](C)N(c2nc(N3CC(N(C)C)C3)nc3c(F)c(-c4c(C)ccc5c4ncn5C)c(Cl)cc23)C[C@H]1C. The fraction of sp³-hybridized carbons (Fsp3) is 0.419. The third-order valence-corrected chi connectivity index (χ3v) is 9.10. The van der Waals surface area contributed by atoms with Crippen molar-refractivity contribution in [1.29, 1.82) is 0 Å². The van der Waals surface area contributed by atoms with Gasteiger partial charge in [0.05, 0.1) is 22.4 Å². The van der Waals surface area contributed by atoms with Crippen LogP contribution in [0, 0.1) is 12.7 Å². The standard InChI is InChI=1S/C31H36ClFN8O/c1-8-24(42)40-12-19(4)41(13-18(40)3)30-21-11-22(32)26(25-17(2)9-10-23-29(25)34-16-38(23)7)27(33)28(21)35-31(36-30)39-14-20(15-39)37(5)6/h8-11,16,18-20H,1,12-15H2,2-7H3/t18-,19+/m1/s1. The number of imidazole rings is 1. The highest BCUT2D eigenvalue weighted by Gasteiger charge is 2.36. The summed E-state index contributed by atoms with van der Waals surface area (Å²) in [5, 5.41) is 0.819. The highest BCUT2D eigenvalue weighted by Crippen LogP contribution is 2.43. The van der Waals surface area contributed by atoms with Gasteiger partial charge in [0.2, 0.25) is 11.9 Å². The van der Waals surface area contributed by atoms with Crippen LogP contribution < -0.4 is 9.80 Å². The van der Waals surface area contributed by atoms with E-state index >= 15 is 4.39 Å². The highest BCUT2D eigenvalue weighted by atomic mass is 35.5. The van der Waals surface area contributed by atoms with Crippen molar-refractivity contribution in [3.8, 4) is 11.1 Å². The molecule has 0 unspecified atom stereocenters. The van der Waals surface area contributed by atoms with E-state index in [0.29, 0.717) is 52.9 Å². The smallest absolute Gasteiger partial charge is 0.246 e. The fourth-order valence-corrected chi connectivity index (χ4v) is 6.45. The molecule has 42 heavy (non-hydrogen) atoms. The second-order valence-corrected chi connectivity index (χ2v) is 12.2. The van der Waals surface area contributed by atoms with Crippen LogP contribution in [0.25, 0.3) is 33.1 Å². The number of carbonyl (C=O) groups excluding carboxylic acids is 1. The third-order valence-electron chi connectivity index (χ3n) is 8.80. The fourth-order valence-electron chi connectivity index (χ4n) is 6.17. The average Bonchev–Trinajstić information content (AvgIpc) is 3.29. The molecule has 0 aliphatic carbocycles. The van der Waals surface area contributed by atoms with Crippen molar-refractivity contribution in [2.75, 3.05) is 50.1 Å². The number of amides is 1. The Morgan fingerprint density at radius 3 is 2.52 bits per heavy atom. The molecule has 4 aromatic rings. The molecule has 1 amide bonds. The van der Waals surface area contributed by atoms with Crippen molar-refractivity contribution in [2.24, 2.45) is 7.05 Å². The molecule has 2 aliphatic heterocycles. The van der Waals surface area contributed by atoms with Gasteiger partial charge < -0.3 is 24.2 Å². The summed E-state index contributed by atoms with van der Waals surface area (Å²) in [4.78, 5) is 35.2. The molecule has 2 aromatic carbocycles. The predicted molar refractivity (Wildman–Crippen MR) is 167 cm³/mol. The molecule has 0 bridgehead atoms. The van der Waals surface area contributed by atoms with E-state index in [4.69, 9.17) is 21.6 Å². The van der Waals surface area contributed by atoms with Gasteiger partial charge in [0.1, 0.15) is 11.3 Å². The van der Waals surface area contributed by atoms with E-state index in [-0.39, 0.29) is 28.5 Å². The Kier molecular flexibility index (Phi) is 7.09. The molecule has 2 saturated heterocycles. The minimum atomic E-state index is -0.491. The first-order valence-electron chi connectivity index (χ1n) is 14.2. The van der Waals surface area contributed by atoms with Gasteiger partial charge >= 0.3 is 0 Å². The number of carbonyl (C=O) groups is 1. The van der Waals surface area contributed by atoms with E-state index in [0.717, 1.165) is 24.2 Å². The molecule has 0 N–H and O–H groups in total. The number of nitrogens with zero attached hydrogens (tertiary/aromatic N) is 8. The summed E-state index contributed by atoms with van der Waals surface area (Å²) in [6.07, 6.45) is 3.08. The van der Waals surface area contributed by atoms with E-state index in [1.54, 1.807) is 12.4 Å². The highest BCUT2D eigenvalue weighted by molar-refractivity contribution is 6.35. The molecule has 2 aromatic heterocycles. The zero-order valence-corrected chi connectivity index (χ0v) is 25.7. The average molecular weight is 591 g/mol. The zero-order valence-electron chi connectivity index (χ0n) is 24.9. The van der Waals surface area contributed by atoms with Gasteiger partial charge in [-0.05, 0) is 58.6 Å². The number of hydrogen-bond donors (Lipinski definition) is 0. The van der Waals surface area contributed by atoms with Crippen LogP contribution in [0.1, 0.15) is 19.4 Å². The van der Waals surface area contributed by atoms with Gasteiger partial charge in [-0.15, -0.1) is 0 Å². The van der Waals surface area contributed by atoms with Crippen LogP contribution in [-0.2, 0) is 11.8 Å². The number of aromatic nitrogens is 4. The van der Waals surface area contributed by atoms with Crippen LogP contribution in [-0.4, -0.2) is 93.6 Å². The van der Waals surface area contributed by atoms with Gasteiger partial charge in [-0.1, -0.05) is 24.2 Å². The molecule has 4 heterocycles. The van der Waals surface area contributed by atoms with E-state index < -0.39 is 5.82 Å². The van der Waals surface area contributed by atoms with Crippen molar-refractivity contribution in [3.05, 3.63) is 53.6 Å². The van der Waals surface area contributed by atoms with E-state index in [1.807, 2.05) is 49.4 Å².